The Kier molecular flexibility index (Phi) is 5.22. The number of rotatable bonds is 4. The second-order valence-corrected chi connectivity index (χ2v) is 5.12. The number of halogens is 1. The molecule has 2 aromatic rings. The summed E-state index contributed by atoms with van der Waals surface area (Å²) in [6.07, 6.45) is 2.88. The van der Waals surface area contributed by atoms with Crippen LogP contribution < -0.4 is 5.32 Å². The highest BCUT2D eigenvalue weighted by atomic mass is 79.9. The number of aromatic nitrogens is 1. The Morgan fingerprint density at radius 2 is 2.14 bits per heavy atom. The summed E-state index contributed by atoms with van der Waals surface area (Å²) in [5.74, 6) is -1.14. The van der Waals surface area contributed by atoms with Crippen molar-refractivity contribution < 1.29 is 14.3 Å². The van der Waals surface area contributed by atoms with Crippen LogP contribution in [0.25, 0.3) is 0 Å². The van der Waals surface area contributed by atoms with Crippen molar-refractivity contribution in [2.75, 3.05) is 11.9 Å². The van der Waals surface area contributed by atoms with Gasteiger partial charge in [-0.2, -0.15) is 5.26 Å². The van der Waals surface area contributed by atoms with Gasteiger partial charge in [0, 0.05) is 22.6 Å². The average molecular weight is 360 g/mol. The van der Waals surface area contributed by atoms with Gasteiger partial charge in [0.25, 0.3) is 5.91 Å². The number of ether oxygens (including phenoxy) is 1. The third-order valence-corrected chi connectivity index (χ3v) is 2.98. The van der Waals surface area contributed by atoms with Crippen molar-refractivity contribution in [3.8, 4) is 6.07 Å². The molecule has 1 aromatic heterocycles. The molecule has 0 saturated heterocycles. The number of hydrogen-bond donors (Lipinski definition) is 1. The van der Waals surface area contributed by atoms with Gasteiger partial charge in [-0.1, -0.05) is 6.07 Å². The van der Waals surface area contributed by atoms with Crippen LogP contribution in [0.15, 0.2) is 47.2 Å². The summed E-state index contributed by atoms with van der Waals surface area (Å²) in [6, 6.07) is 9.95. The summed E-state index contributed by atoms with van der Waals surface area (Å²) in [5, 5.41) is 11.3. The minimum atomic E-state index is -0.644. The van der Waals surface area contributed by atoms with Crippen molar-refractivity contribution in [1.82, 2.24) is 4.98 Å². The van der Waals surface area contributed by atoms with E-state index in [1.54, 1.807) is 24.3 Å². The lowest BCUT2D eigenvalue weighted by Crippen LogP contribution is -2.21. The third kappa shape index (κ3) is 4.40. The lowest BCUT2D eigenvalue weighted by Gasteiger charge is -2.07. The maximum atomic E-state index is 11.7. The number of nitriles is 1. The highest BCUT2D eigenvalue weighted by Gasteiger charge is 2.11. The van der Waals surface area contributed by atoms with Gasteiger partial charge in [-0.05, 0) is 40.2 Å². The van der Waals surface area contributed by atoms with Gasteiger partial charge in [-0.15, -0.1) is 0 Å². The molecule has 1 heterocycles. The van der Waals surface area contributed by atoms with Crippen LogP contribution in [-0.2, 0) is 9.53 Å². The van der Waals surface area contributed by atoms with Crippen molar-refractivity contribution in [3.05, 3.63) is 58.3 Å². The van der Waals surface area contributed by atoms with E-state index in [0.29, 0.717) is 15.7 Å². The average Bonchev–Trinajstić information content (AvgIpc) is 2.52. The molecule has 0 aliphatic heterocycles. The summed E-state index contributed by atoms with van der Waals surface area (Å²) < 4.78 is 5.54. The molecule has 0 bridgehead atoms. The Labute approximate surface area is 134 Å². The number of pyridine rings is 1. The zero-order chi connectivity index (χ0) is 15.9. The first-order valence-corrected chi connectivity index (χ1v) is 6.95. The van der Waals surface area contributed by atoms with Gasteiger partial charge in [0.2, 0.25) is 0 Å². The highest BCUT2D eigenvalue weighted by molar-refractivity contribution is 9.10. The first kappa shape index (κ1) is 15.7. The van der Waals surface area contributed by atoms with Crippen molar-refractivity contribution in [1.29, 1.82) is 5.26 Å². The van der Waals surface area contributed by atoms with Crippen molar-refractivity contribution in [2.45, 2.75) is 0 Å². The molecular weight excluding hydrogens is 350 g/mol. The Balaban J connectivity index is 1.90. The number of carbonyl (C=O) groups excluding carboxylic acids is 2. The fraction of sp³-hybridized carbons (Fsp3) is 0.0667. The number of carbonyl (C=O) groups is 2. The maximum absolute atomic E-state index is 11.7. The van der Waals surface area contributed by atoms with Crippen molar-refractivity contribution >= 4 is 33.5 Å². The molecule has 0 spiro atoms. The fourth-order valence-electron chi connectivity index (χ4n) is 1.60. The SMILES string of the molecule is N#Cc1cccc(NC(=O)COC(=O)c2cncc(Br)c2)c1. The number of esters is 1. The van der Waals surface area contributed by atoms with Gasteiger partial charge in [-0.25, -0.2) is 4.79 Å². The maximum Gasteiger partial charge on any atom is 0.340 e. The Morgan fingerprint density at radius 1 is 1.32 bits per heavy atom. The zero-order valence-electron chi connectivity index (χ0n) is 11.2. The number of anilines is 1. The van der Waals surface area contributed by atoms with Gasteiger partial charge in [0.15, 0.2) is 6.61 Å². The van der Waals surface area contributed by atoms with Crippen LogP contribution in [0.5, 0.6) is 0 Å². The van der Waals surface area contributed by atoms with E-state index < -0.39 is 18.5 Å². The van der Waals surface area contributed by atoms with Crippen LogP contribution in [0.2, 0.25) is 0 Å². The Bertz CT molecular complexity index is 756. The minimum absolute atomic E-state index is 0.244. The third-order valence-electron chi connectivity index (χ3n) is 2.55. The van der Waals surface area contributed by atoms with Crippen molar-refractivity contribution in [3.63, 3.8) is 0 Å². The summed E-state index contributed by atoms with van der Waals surface area (Å²) in [4.78, 5) is 27.3. The first-order chi connectivity index (χ1) is 10.6. The molecule has 22 heavy (non-hydrogen) atoms. The van der Waals surface area contributed by atoms with E-state index >= 15 is 0 Å². The van der Waals surface area contributed by atoms with Crippen LogP contribution in [-0.4, -0.2) is 23.5 Å². The van der Waals surface area contributed by atoms with Gasteiger partial charge in [-0.3, -0.25) is 9.78 Å². The van der Waals surface area contributed by atoms with Crippen molar-refractivity contribution in [2.24, 2.45) is 0 Å². The minimum Gasteiger partial charge on any atom is -0.452 e. The Hall–Kier alpha value is -2.72. The second kappa shape index (κ2) is 7.33. The molecular formula is C15H10BrN3O3. The zero-order valence-corrected chi connectivity index (χ0v) is 12.8. The van der Waals surface area contributed by atoms with Crippen LogP contribution in [0.4, 0.5) is 5.69 Å². The normalized spacial score (nSPS) is 9.64. The molecule has 0 unspecified atom stereocenters. The van der Waals surface area contributed by atoms with E-state index in [9.17, 15) is 9.59 Å². The number of amides is 1. The van der Waals surface area contributed by atoms with Crippen LogP contribution in [0.1, 0.15) is 15.9 Å². The molecule has 0 atom stereocenters. The molecule has 1 N–H and O–H groups in total. The van der Waals surface area contributed by atoms with Gasteiger partial charge < -0.3 is 10.1 Å². The molecule has 0 fully saturated rings. The van der Waals surface area contributed by atoms with E-state index in [4.69, 9.17) is 10.00 Å². The number of hydrogen-bond acceptors (Lipinski definition) is 5. The van der Waals surface area contributed by atoms with Gasteiger partial charge in [0.1, 0.15) is 0 Å². The topological polar surface area (TPSA) is 92.1 Å². The monoisotopic (exact) mass is 359 g/mol. The number of benzene rings is 1. The molecule has 0 aliphatic rings. The molecule has 0 saturated carbocycles. The molecule has 7 heteroatoms. The molecule has 2 rings (SSSR count). The highest BCUT2D eigenvalue weighted by Crippen LogP contribution is 2.11. The van der Waals surface area contributed by atoms with E-state index in [2.05, 4.69) is 26.2 Å². The molecule has 1 amide bonds. The second-order valence-electron chi connectivity index (χ2n) is 4.21. The quantitative estimate of drug-likeness (QED) is 0.846. The standard InChI is InChI=1S/C15H10BrN3O3/c16-12-5-11(7-18-8-12)15(21)22-9-14(20)19-13-3-1-2-10(4-13)6-17/h1-5,7-8H,9H2,(H,19,20). The summed E-state index contributed by atoms with van der Waals surface area (Å²) >= 11 is 3.19. The summed E-state index contributed by atoms with van der Waals surface area (Å²) in [6.45, 7) is -0.428. The lowest BCUT2D eigenvalue weighted by atomic mass is 10.2. The van der Waals surface area contributed by atoms with Gasteiger partial charge >= 0.3 is 5.97 Å². The van der Waals surface area contributed by atoms with Crippen LogP contribution in [0.3, 0.4) is 0 Å². The first-order valence-electron chi connectivity index (χ1n) is 6.16. The smallest absolute Gasteiger partial charge is 0.340 e. The lowest BCUT2D eigenvalue weighted by molar-refractivity contribution is -0.119. The Morgan fingerprint density at radius 3 is 2.86 bits per heavy atom. The van der Waals surface area contributed by atoms with Gasteiger partial charge in [0.05, 0.1) is 17.2 Å². The van der Waals surface area contributed by atoms with E-state index in [0.717, 1.165) is 0 Å². The van der Waals surface area contributed by atoms with Crippen LogP contribution >= 0.6 is 15.9 Å². The number of nitrogens with one attached hydrogen (secondary N) is 1. The molecule has 110 valence electrons. The molecule has 1 aromatic carbocycles. The molecule has 6 nitrogen and oxygen atoms in total. The predicted molar refractivity (Wildman–Crippen MR) is 82.0 cm³/mol. The van der Waals surface area contributed by atoms with E-state index in [1.807, 2.05) is 6.07 Å². The predicted octanol–water partition coefficient (Wildman–Crippen LogP) is 2.51. The summed E-state index contributed by atoms with van der Waals surface area (Å²) in [5.41, 5.74) is 1.13. The van der Waals surface area contributed by atoms with E-state index in [1.165, 1.54) is 18.5 Å². The number of nitrogens with zero attached hydrogens (tertiary/aromatic N) is 2. The molecule has 0 radical (unpaired) electrons. The van der Waals surface area contributed by atoms with E-state index in [-0.39, 0.29) is 5.56 Å². The molecule has 0 aliphatic carbocycles. The fourth-order valence-corrected chi connectivity index (χ4v) is 1.97. The largest absolute Gasteiger partial charge is 0.452 e. The van der Waals surface area contributed by atoms with Crippen LogP contribution in [0, 0.1) is 11.3 Å². The summed E-state index contributed by atoms with van der Waals surface area (Å²) in [7, 11) is 0.